The molecule has 2 aromatic rings. The summed E-state index contributed by atoms with van der Waals surface area (Å²) >= 11 is 0. The van der Waals surface area contributed by atoms with Crippen molar-refractivity contribution in [3.05, 3.63) is 65.0 Å². The third kappa shape index (κ3) is 2.76. The zero-order valence-corrected chi connectivity index (χ0v) is 11.2. The van der Waals surface area contributed by atoms with Gasteiger partial charge in [0.1, 0.15) is 11.6 Å². The van der Waals surface area contributed by atoms with E-state index in [9.17, 15) is 4.39 Å². The third-order valence-electron chi connectivity index (χ3n) is 3.11. The van der Waals surface area contributed by atoms with Crippen LogP contribution in [0.1, 0.15) is 29.7 Å². The molecule has 0 spiro atoms. The molecule has 0 radical (unpaired) electrons. The highest BCUT2D eigenvalue weighted by atomic mass is 19.1. The van der Waals surface area contributed by atoms with Crippen molar-refractivity contribution in [2.45, 2.75) is 19.9 Å². The van der Waals surface area contributed by atoms with Crippen molar-refractivity contribution in [1.82, 2.24) is 0 Å². The molecule has 0 saturated carbocycles. The largest absolute Gasteiger partial charge is 0.494 e. The molecule has 1 atom stereocenters. The van der Waals surface area contributed by atoms with Gasteiger partial charge in [-0.15, -0.1) is 0 Å². The van der Waals surface area contributed by atoms with Gasteiger partial charge in [-0.05, 0) is 25.5 Å². The molecule has 0 aliphatic carbocycles. The van der Waals surface area contributed by atoms with E-state index in [0.29, 0.717) is 23.5 Å². The Morgan fingerprint density at radius 2 is 1.79 bits per heavy atom. The van der Waals surface area contributed by atoms with Gasteiger partial charge in [0.25, 0.3) is 0 Å². The van der Waals surface area contributed by atoms with Crippen LogP contribution in [0.25, 0.3) is 0 Å². The van der Waals surface area contributed by atoms with Crippen molar-refractivity contribution in [3.63, 3.8) is 0 Å². The molecule has 0 amide bonds. The predicted molar refractivity (Wildman–Crippen MR) is 74.8 cm³/mol. The van der Waals surface area contributed by atoms with E-state index in [1.54, 1.807) is 19.1 Å². The van der Waals surface area contributed by atoms with Gasteiger partial charge in [0.2, 0.25) is 0 Å². The minimum atomic E-state index is -0.525. The molecule has 2 nitrogen and oxygen atoms in total. The number of rotatable bonds is 4. The zero-order chi connectivity index (χ0) is 13.8. The number of aryl methyl sites for hydroxylation is 1. The standard InChI is InChI=1S/C16H18FNO/c1-3-19-14-10-5-4-8-12(14)16(18)13-9-6-7-11(2)15(13)17/h4-10,16H,3,18H2,1-2H3. The van der Waals surface area contributed by atoms with E-state index in [2.05, 4.69) is 0 Å². The van der Waals surface area contributed by atoms with Gasteiger partial charge >= 0.3 is 0 Å². The van der Waals surface area contributed by atoms with E-state index in [1.165, 1.54) is 0 Å². The van der Waals surface area contributed by atoms with Crippen LogP contribution >= 0.6 is 0 Å². The summed E-state index contributed by atoms with van der Waals surface area (Å²) in [5.74, 6) is 0.458. The van der Waals surface area contributed by atoms with Crippen molar-refractivity contribution in [2.75, 3.05) is 6.61 Å². The average molecular weight is 259 g/mol. The molecular weight excluding hydrogens is 241 g/mol. The summed E-state index contributed by atoms with van der Waals surface area (Å²) in [4.78, 5) is 0. The van der Waals surface area contributed by atoms with Crippen molar-refractivity contribution in [1.29, 1.82) is 0 Å². The molecule has 2 N–H and O–H groups in total. The van der Waals surface area contributed by atoms with Gasteiger partial charge in [0.05, 0.1) is 12.6 Å². The van der Waals surface area contributed by atoms with Gasteiger partial charge in [-0.1, -0.05) is 36.4 Å². The van der Waals surface area contributed by atoms with Gasteiger partial charge < -0.3 is 10.5 Å². The van der Waals surface area contributed by atoms with E-state index in [-0.39, 0.29) is 5.82 Å². The molecule has 2 rings (SSSR count). The van der Waals surface area contributed by atoms with Gasteiger partial charge in [-0.25, -0.2) is 4.39 Å². The molecule has 19 heavy (non-hydrogen) atoms. The highest BCUT2D eigenvalue weighted by Crippen LogP contribution is 2.30. The van der Waals surface area contributed by atoms with E-state index in [4.69, 9.17) is 10.5 Å². The molecule has 1 unspecified atom stereocenters. The minimum Gasteiger partial charge on any atom is -0.494 e. The Morgan fingerprint density at radius 3 is 2.53 bits per heavy atom. The minimum absolute atomic E-state index is 0.249. The number of hydrogen-bond acceptors (Lipinski definition) is 2. The van der Waals surface area contributed by atoms with Gasteiger partial charge in [0, 0.05) is 11.1 Å². The lowest BCUT2D eigenvalue weighted by Crippen LogP contribution is -2.15. The number of para-hydroxylation sites is 1. The fourth-order valence-electron chi connectivity index (χ4n) is 2.10. The van der Waals surface area contributed by atoms with E-state index in [1.807, 2.05) is 37.3 Å². The van der Waals surface area contributed by atoms with E-state index >= 15 is 0 Å². The molecule has 0 aliphatic heterocycles. The first kappa shape index (κ1) is 13.6. The number of hydrogen-bond donors (Lipinski definition) is 1. The Hall–Kier alpha value is -1.87. The smallest absolute Gasteiger partial charge is 0.131 e. The average Bonchev–Trinajstić information content (AvgIpc) is 2.42. The molecule has 100 valence electrons. The van der Waals surface area contributed by atoms with Crippen LogP contribution in [-0.4, -0.2) is 6.61 Å². The summed E-state index contributed by atoms with van der Waals surface area (Å²) in [5, 5.41) is 0. The quantitative estimate of drug-likeness (QED) is 0.910. The molecule has 0 saturated heterocycles. The lowest BCUT2D eigenvalue weighted by Gasteiger charge is -2.18. The second-order valence-corrected chi connectivity index (χ2v) is 4.43. The van der Waals surface area contributed by atoms with Crippen molar-refractivity contribution in [3.8, 4) is 5.75 Å². The van der Waals surface area contributed by atoms with E-state index in [0.717, 1.165) is 5.56 Å². The lowest BCUT2D eigenvalue weighted by molar-refractivity contribution is 0.335. The lowest BCUT2D eigenvalue weighted by atomic mass is 9.97. The van der Waals surface area contributed by atoms with Gasteiger partial charge in [-0.3, -0.25) is 0 Å². The fourth-order valence-corrected chi connectivity index (χ4v) is 2.10. The first-order valence-electron chi connectivity index (χ1n) is 6.37. The zero-order valence-electron chi connectivity index (χ0n) is 11.2. The maximum absolute atomic E-state index is 14.1. The van der Waals surface area contributed by atoms with Crippen LogP contribution in [0.15, 0.2) is 42.5 Å². The number of nitrogens with two attached hydrogens (primary N) is 1. The summed E-state index contributed by atoms with van der Waals surface area (Å²) in [6.45, 7) is 4.20. The third-order valence-corrected chi connectivity index (χ3v) is 3.11. The Labute approximate surface area is 113 Å². The van der Waals surface area contributed by atoms with Gasteiger partial charge in [0.15, 0.2) is 0 Å². The second kappa shape index (κ2) is 5.85. The topological polar surface area (TPSA) is 35.2 Å². The molecule has 0 fully saturated rings. The van der Waals surface area contributed by atoms with Crippen LogP contribution in [0.5, 0.6) is 5.75 Å². The van der Waals surface area contributed by atoms with Crippen molar-refractivity contribution >= 4 is 0 Å². The van der Waals surface area contributed by atoms with Crippen LogP contribution < -0.4 is 10.5 Å². The maximum atomic E-state index is 14.1. The first-order valence-corrected chi connectivity index (χ1v) is 6.37. The van der Waals surface area contributed by atoms with Crippen LogP contribution in [0.4, 0.5) is 4.39 Å². The summed E-state index contributed by atoms with van der Waals surface area (Å²) in [6.07, 6.45) is 0. The predicted octanol–water partition coefficient (Wildman–Crippen LogP) is 3.58. The van der Waals surface area contributed by atoms with Crippen LogP contribution in [0.3, 0.4) is 0 Å². The fraction of sp³-hybridized carbons (Fsp3) is 0.250. The number of benzene rings is 2. The van der Waals surface area contributed by atoms with Crippen molar-refractivity contribution < 1.29 is 9.13 Å². The number of halogens is 1. The Kier molecular flexibility index (Phi) is 4.17. The van der Waals surface area contributed by atoms with Crippen LogP contribution in [0.2, 0.25) is 0 Å². The summed E-state index contributed by atoms with van der Waals surface area (Å²) in [5.41, 5.74) is 8.09. The molecule has 2 aromatic carbocycles. The molecular formula is C16H18FNO. The van der Waals surface area contributed by atoms with Gasteiger partial charge in [-0.2, -0.15) is 0 Å². The summed E-state index contributed by atoms with van der Waals surface area (Å²) in [6, 6.07) is 12.2. The number of ether oxygens (including phenoxy) is 1. The Morgan fingerprint density at radius 1 is 1.11 bits per heavy atom. The summed E-state index contributed by atoms with van der Waals surface area (Å²) in [7, 11) is 0. The maximum Gasteiger partial charge on any atom is 0.131 e. The van der Waals surface area contributed by atoms with E-state index < -0.39 is 6.04 Å². The van der Waals surface area contributed by atoms with Crippen LogP contribution in [-0.2, 0) is 0 Å². The Bertz CT molecular complexity index is 568. The molecule has 0 aliphatic rings. The highest BCUT2D eigenvalue weighted by Gasteiger charge is 2.18. The van der Waals surface area contributed by atoms with Crippen LogP contribution in [0, 0.1) is 12.7 Å². The summed E-state index contributed by atoms with van der Waals surface area (Å²) < 4.78 is 19.7. The first-order chi connectivity index (χ1) is 9.15. The normalized spacial score (nSPS) is 12.2. The molecule has 3 heteroatoms. The molecule has 0 heterocycles. The highest BCUT2D eigenvalue weighted by molar-refractivity contribution is 5.42. The molecule has 0 aromatic heterocycles. The molecule has 0 bridgehead atoms. The SMILES string of the molecule is CCOc1ccccc1C(N)c1cccc(C)c1F. The Balaban J connectivity index is 2.44. The second-order valence-electron chi connectivity index (χ2n) is 4.43. The monoisotopic (exact) mass is 259 g/mol. The van der Waals surface area contributed by atoms with Crippen molar-refractivity contribution in [2.24, 2.45) is 5.73 Å².